The highest BCUT2D eigenvalue weighted by atomic mass is 35.5. The van der Waals surface area contributed by atoms with Crippen LogP contribution in [0.15, 0.2) is 48.5 Å². The summed E-state index contributed by atoms with van der Waals surface area (Å²) in [5, 5.41) is 3.07. The summed E-state index contributed by atoms with van der Waals surface area (Å²) in [5.41, 5.74) is 3.13. The van der Waals surface area contributed by atoms with Crippen LogP contribution in [-0.4, -0.2) is 35.2 Å². The van der Waals surface area contributed by atoms with Gasteiger partial charge in [0.2, 0.25) is 17.7 Å². The number of hydrogen-bond acceptors (Lipinski definition) is 3. The Morgan fingerprint density at radius 3 is 1.71 bits per heavy atom. The van der Waals surface area contributed by atoms with Crippen molar-refractivity contribution >= 4 is 40.9 Å². The van der Waals surface area contributed by atoms with Crippen LogP contribution in [0, 0.1) is 11.8 Å². The monoisotopic (exact) mass is 496 g/mol. The predicted molar refractivity (Wildman–Crippen MR) is 129 cm³/mol. The third-order valence-electron chi connectivity index (χ3n) is 8.21. The lowest BCUT2D eigenvalue weighted by Gasteiger charge is -2.54. The van der Waals surface area contributed by atoms with Crippen LogP contribution < -0.4 is 5.32 Å². The lowest BCUT2D eigenvalue weighted by atomic mass is 9.54. The summed E-state index contributed by atoms with van der Waals surface area (Å²) >= 11 is 14.8. The van der Waals surface area contributed by atoms with E-state index >= 15 is 0 Å². The molecular weight excluding hydrogens is 471 g/mol. The number of likely N-dealkylation sites (tertiary alicyclic amines) is 1. The van der Waals surface area contributed by atoms with E-state index < -0.39 is 21.6 Å². The molecule has 1 N–H and O–H groups in total. The summed E-state index contributed by atoms with van der Waals surface area (Å²) in [4.78, 5) is 39.0. The van der Waals surface area contributed by atoms with Gasteiger partial charge in [-0.1, -0.05) is 67.8 Å². The number of nitrogens with one attached hydrogen (secondary N) is 1. The summed E-state index contributed by atoms with van der Waals surface area (Å²) in [6.45, 7) is 0.0375. The van der Waals surface area contributed by atoms with Crippen LogP contribution in [0.1, 0.15) is 60.8 Å². The van der Waals surface area contributed by atoms with E-state index in [1.54, 1.807) is 0 Å². The van der Waals surface area contributed by atoms with Gasteiger partial charge in [-0.25, -0.2) is 0 Å². The van der Waals surface area contributed by atoms with Gasteiger partial charge in [-0.15, -0.1) is 23.2 Å². The van der Waals surface area contributed by atoms with Crippen molar-refractivity contribution in [1.82, 2.24) is 10.2 Å². The SMILES string of the molecule is O=C(CCN1C(=O)[C@@H]2[C@H](C1=O)C1(Cl)c3ccccc3C2(Cl)c2ccccc21)NC1CCCCC1. The van der Waals surface area contributed by atoms with Crippen LogP contribution >= 0.6 is 23.2 Å². The van der Waals surface area contributed by atoms with Crippen molar-refractivity contribution in [3.8, 4) is 0 Å². The minimum atomic E-state index is -1.18. The Kier molecular flexibility index (Phi) is 5.09. The van der Waals surface area contributed by atoms with Gasteiger partial charge in [-0.05, 0) is 35.1 Å². The van der Waals surface area contributed by atoms with Gasteiger partial charge < -0.3 is 5.32 Å². The molecule has 4 aliphatic carbocycles. The first kappa shape index (κ1) is 22.1. The van der Waals surface area contributed by atoms with E-state index in [4.69, 9.17) is 23.2 Å². The fourth-order valence-electron chi connectivity index (χ4n) is 6.71. The van der Waals surface area contributed by atoms with Crippen molar-refractivity contribution in [1.29, 1.82) is 0 Å². The zero-order chi connectivity index (χ0) is 23.7. The molecule has 0 radical (unpaired) electrons. The highest BCUT2D eigenvalue weighted by Gasteiger charge is 2.72. The number of hydrogen-bond donors (Lipinski definition) is 1. The molecule has 1 aliphatic heterocycles. The molecule has 2 aromatic carbocycles. The highest BCUT2D eigenvalue weighted by Crippen LogP contribution is 2.69. The number of rotatable bonds is 4. The van der Waals surface area contributed by atoms with Gasteiger partial charge in [0.05, 0.1) is 11.8 Å². The molecule has 3 amide bonds. The number of imide groups is 1. The summed E-state index contributed by atoms with van der Waals surface area (Å²) in [5.74, 6) is -2.44. The number of carbonyl (C=O) groups is 3. The maximum absolute atomic E-state index is 13.7. The zero-order valence-corrected chi connectivity index (χ0v) is 20.2. The van der Waals surface area contributed by atoms with Gasteiger partial charge >= 0.3 is 0 Å². The molecule has 176 valence electrons. The summed E-state index contributed by atoms with van der Waals surface area (Å²) < 4.78 is 0. The van der Waals surface area contributed by atoms with Crippen molar-refractivity contribution in [2.75, 3.05) is 6.54 Å². The topological polar surface area (TPSA) is 66.5 Å². The van der Waals surface area contributed by atoms with Gasteiger partial charge in [0.25, 0.3) is 0 Å². The fraction of sp³-hybridized carbons (Fsp3) is 0.444. The molecule has 1 heterocycles. The molecular formula is C27H26Cl2N2O3. The van der Waals surface area contributed by atoms with Crippen molar-refractivity contribution in [2.45, 2.75) is 54.3 Å². The number of benzene rings is 2. The standard InChI is InChI=1S/C27H26Cl2N2O3/c28-26-17-10-4-5-11-18(17)27(29,20-13-7-6-12-19(20)26)23-22(26)24(33)31(25(23)34)15-14-21(32)30-16-8-2-1-3-9-16/h4-7,10-13,16,22-23H,1-3,8-9,14-15H2,(H,30,32)/t22-,23+,26?,27?. The summed E-state index contributed by atoms with van der Waals surface area (Å²) in [6, 6.07) is 15.4. The first-order chi connectivity index (χ1) is 16.4. The van der Waals surface area contributed by atoms with Crippen molar-refractivity contribution in [2.24, 2.45) is 11.8 Å². The molecule has 5 aliphatic rings. The molecule has 1 saturated heterocycles. The minimum Gasteiger partial charge on any atom is -0.353 e. The van der Waals surface area contributed by atoms with Gasteiger partial charge in [-0.2, -0.15) is 0 Å². The predicted octanol–water partition coefficient (Wildman–Crippen LogP) is 4.42. The lowest BCUT2D eigenvalue weighted by molar-refractivity contribution is -0.140. The normalized spacial score (nSPS) is 31.8. The Labute approximate surface area is 208 Å². The second-order valence-corrected chi connectivity index (χ2v) is 11.1. The molecule has 0 aromatic heterocycles. The van der Waals surface area contributed by atoms with Crippen molar-refractivity contribution < 1.29 is 14.4 Å². The second-order valence-electron chi connectivity index (χ2n) is 9.95. The molecule has 2 bridgehead atoms. The lowest BCUT2D eigenvalue weighted by Crippen LogP contribution is -2.57. The molecule has 2 aromatic rings. The molecule has 2 fully saturated rings. The van der Waals surface area contributed by atoms with Crippen molar-refractivity contribution in [3.05, 3.63) is 70.8 Å². The van der Waals surface area contributed by atoms with E-state index in [2.05, 4.69) is 5.32 Å². The van der Waals surface area contributed by atoms with Gasteiger partial charge in [0.1, 0.15) is 9.75 Å². The second kappa shape index (κ2) is 7.82. The molecule has 2 atom stereocenters. The maximum atomic E-state index is 13.7. The number of nitrogens with zero attached hydrogens (tertiary/aromatic N) is 1. The van der Waals surface area contributed by atoms with Crippen molar-refractivity contribution in [3.63, 3.8) is 0 Å². The highest BCUT2D eigenvalue weighted by molar-refractivity contribution is 6.36. The third kappa shape index (κ3) is 2.83. The van der Waals surface area contributed by atoms with Crippen LogP contribution in [-0.2, 0) is 24.1 Å². The smallest absolute Gasteiger partial charge is 0.235 e. The first-order valence-corrected chi connectivity index (χ1v) is 12.9. The molecule has 0 spiro atoms. The van der Waals surface area contributed by atoms with Crippen LogP contribution in [0.5, 0.6) is 0 Å². The molecule has 1 saturated carbocycles. The van der Waals surface area contributed by atoms with Crippen LogP contribution in [0.4, 0.5) is 0 Å². The maximum Gasteiger partial charge on any atom is 0.235 e. The molecule has 34 heavy (non-hydrogen) atoms. The minimum absolute atomic E-state index is 0.0375. The first-order valence-electron chi connectivity index (χ1n) is 12.1. The van der Waals surface area contributed by atoms with Crippen LogP contribution in [0.3, 0.4) is 0 Å². The van der Waals surface area contributed by atoms with E-state index in [9.17, 15) is 14.4 Å². The Morgan fingerprint density at radius 2 is 1.26 bits per heavy atom. The van der Waals surface area contributed by atoms with E-state index in [-0.39, 0.29) is 36.7 Å². The van der Waals surface area contributed by atoms with E-state index in [0.717, 1.165) is 47.9 Å². The molecule has 5 nitrogen and oxygen atoms in total. The Morgan fingerprint density at radius 1 is 0.824 bits per heavy atom. The van der Waals surface area contributed by atoms with E-state index in [0.29, 0.717) is 0 Å². The summed E-state index contributed by atoms with van der Waals surface area (Å²) in [7, 11) is 0. The number of halogens is 2. The largest absolute Gasteiger partial charge is 0.353 e. The average molecular weight is 497 g/mol. The van der Waals surface area contributed by atoms with Gasteiger partial charge in [0.15, 0.2) is 0 Å². The number of amides is 3. The number of carbonyl (C=O) groups excluding carboxylic acids is 3. The van der Waals surface area contributed by atoms with E-state index in [1.807, 2.05) is 48.5 Å². The van der Waals surface area contributed by atoms with Crippen LogP contribution in [0.2, 0.25) is 0 Å². The zero-order valence-electron chi connectivity index (χ0n) is 18.7. The summed E-state index contributed by atoms with van der Waals surface area (Å²) in [6.07, 6.45) is 5.49. The third-order valence-corrected chi connectivity index (χ3v) is 9.49. The molecule has 0 unspecified atom stereocenters. The molecule has 7 rings (SSSR count). The van der Waals surface area contributed by atoms with Gasteiger partial charge in [0, 0.05) is 19.0 Å². The van der Waals surface area contributed by atoms with Crippen LogP contribution in [0.25, 0.3) is 0 Å². The Hall–Kier alpha value is -2.37. The van der Waals surface area contributed by atoms with Gasteiger partial charge in [-0.3, -0.25) is 19.3 Å². The fourth-order valence-corrected chi connectivity index (χ4v) is 7.80. The quantitative estimate of drug-likeness (QED) is 0.503. The number of alkyl halides is 2. The Bertz CT molecular complexity index is 1080. The molecule has 7 heteroatoms. The average Bonchev–Trinajstić information content (AvgIpc) is 3.12. The Balaban J connectivity index is 1.34. The van der Waals surface area contributed by atoms with E-state index in [1.165, 1.54) is 11.3 Å².